The molecule has 26 heavy (non-hydrogen) atoms. The van der Waals surface area contributed by atoms with Gasteiger partial charge in [0.05, 0.1) is 19.7 Å². The Labute approximate surface area is 164 Å². The molecule has 148 valence electrons. The van der Waals surface area contributed by atoms with E-state index in [0.717, 1.165) is 30.9 Å². The highest BCUT2D eigenvalue weighted by molar-refractivity contribution is 5.85. The van der Waals surface area contributed by atoms with Crippen molar-refractivity contribution in [2.75, 3.05) is 38.2 Å². The van der Waals surface area contributed by atoms with Crippen LogP contribution in [0.25, 0.3) is 0 Å². The summed E-state index contributed by atoms with van der Waals surface area (Å²) in [7, 11) is 1.64. The summed E-state index contributed by atoms with van der Waals surface area (Å²) in [6, 6.07) is 7.10. The number of nitrogens with one attached hydrogen (secondary N) is 2. The van der Waals surface area contributed by atoms with Crippen LogP contribution in [-0.4, -0.2) is 51.2 Å². The second-order valence-electron chi connectivity index (χ2n) is 6.54. The number of alkyl halides is 2. The molecule has 2 unspecified atom stereocenters. The molecule has 2 atom stereocenters. The number of carbonyl (C=O) groups excluding carboxylic acids is 1. The fourth-order valence-electron chi connectivity index (χ4n) is 3.31. The molecular weight excluding hydrogens is 387 g/mol. The fraction of sp³-hybridized carbons (Fsp3) is 0.588. The molecule has 3 rings (SSSR count). The van der Waals surface area contributed by atoms with Crippen molar-refractivity contribution in [3.63, 3.8) is 0 Å². The zero-order chi connectivity index (χ0) is 17.2. The molecule has 0 spiro atoms. The number of ether oxygens (including phenoxy) is 1. The third-order valence-corrected chi connectivity index (χ3v) is 4.70. The topological polar surface area (TPSA) is 53.6 Å². The molecule has 0 saturated carbocycles. The van der Waals surface area contributed by atoms with E-state index in [0.29, 0.717) is 12.5 Å². The molecule has 0 aliphatic carbocycles. The number of amides is 1. The van der Waals surface area contributed by atoms with Gasteiger partial charge in [-0.15, -0.1) is 24.8 Å². The molecular formula is C17H25Cl2F2N3O2. The third kappa shape index (κ3) is 5.59. The number of methoxy groups -OCH3 is 1. The quantitative estimate of drug-likeness (QED) is 0.781. The van der Waals surface area contributed by atoms with Gasteiger partial charge in [0.15, 0.2) is 0 Å². The maximum Gasteiger partial charge on any atom is 0.262 e. The lowest BCUT2D eigenvalue weighted by Gasteiger charge is -2.20. The lowest BCUT2D eigenvalue weighted by Crippen LogP contribution is -2.42. The molecule has 2 aliphatic rings. The van der Waals surface area contributed by atoms with Crippen LogP contribution in [0.1, 0.15) is 12.8 Å². The number of hydrogen-bond donors (Lipinski definition) is 2. The van der Waals surface area contributed by atoms with Gasteiger partial charge in [-0.3, -0.25) is 10.1 Å². The van der Waals surface area contributed by atoms with E-state index in [9.17, 15) is 13.6 Å². The van der Waals surface area contributed by atoms with Gasteiger partial charge in [-0.05, 0) is 24.5 Å². The Balaban J connectivity index is 0.00000169. The zero-order valence-electron chi connectivity index (χ0n) is 14.5. The van der Waals surface area contributed by atoms with Gasteiger partial charge in [-0.1, -0.05) is 6.07 Å². The maximum absolute atomic E-state index is 13.1. The van der Waals surface area contributed by atoms with Crippen molar-refractivity contribution in [1.29, 1.82) is 0 Å². The van der Waals surface area contributed by atoms with Crippen LogP contribution in [0, 0.1) is 5.92 Å². The molecule has 2 N–H and O–H groups in total. The van der Waals surface area contributed by atoms with E-state index >= 15 is 0 Å². The Morgan fingerprint density at radius 2 is 2.19 bits per heavy atom. The smallest absolute Gasteiger partial charge is 0.262 e. The summed E-state index contributed by atoms with van der Waals surface area (Å²) in [4.78, 5) is 14.2. The molecule has 2 aliphatic heterocycles. The molecule has 1 aromatic carbocycles. The average molecular weight is 412 g/mol. The number of carbonyl (C=O) groups is 1. The van der Waals surface area contributed by atoms with Crippen LogP contribution in [0.15, 0.2) is 24.3 Å². The molecule has 1 amide bonds. The van der Waals surface area contributed by atoms with Crippen LogP contribution in [0.3, 0.4) is 0 Å². The van der Waals surface area contributed by atoms with Gasteiger partial charge in [0.2, 0.25) is 5.91 Å². The summed E-state index contributed by atoms with van der Waals surface area (Å²) < 4.78 is 31.5. The highest BCUT2D eigenvalue weighted by Gasteiger charge is 2.42. The third-order valence-electron chi connectivity index (χ3n) is 4.70. The minimum absolute atomic E-state index is 0. The van der Waals surface area contributed by atoms with E-state index in [4.69, 9.17) is 4.74 Å². The van der Waals surface area contributed by atoms with E-state index in [2.05, 4.69) is 15.5 Å². The lowest BCUT2D eigenvalue weighted by molar-refractivity contribution is -0.123. The Morgan fingerprint density at radius 1 is 1.42 bits per heavy atom. The van der Waals surface area contributed by atoms with Crippen molar-refractivity contribution in [1.82, 2.24) is 10.6 Å². The number of nitrogens with zero attached hydrogens (tertiary/aromatic N) is 1. The monoisotopic (exact) mass is 411 g/mol. The van der Waals surface area contributed by atoms with Crippen LogP contribution >= 0.6 is 24.8 Å². The first-order valence-electron chi connectivity index (χ1n) is 8.25. The molecule has 5 nitrogen and oxygen atoms in total. The summed E-state index contributed by atoms with van der Waals surface area (Å²) in [6.07, 6.45) is 0.547. The van der Waals surface area contributed by atoms with Crippen LogP contribution in [0.4, 0.5) is 14.5 Å². The molecule has 1 aromatic rings. The van der Waals surface area contributed by atoms with Gasteiger partial charge in [-0.25, -0.2) is 8.78 Å². The first-order chi connectivity index (χ1) is 11.5. The zero-order valence-corrected chi connectivity index (χ0v) is 16.2. The summed E-state index contributed by atoms with van der Waals surface area (Å²) in [5.41, 5.74) is 1.10. The lowest BCUT2D eigenvalue weighted by atomic mass is 10.1. The van der Waals surface area contributed by atoms with Gasteiger partial charge in [0.25, 0.3) is 5.92 Å². The number of hydrogen-bond acceptors (Lipinski definition) is 4. The fourth-order valence-corrected chi connectivity index (χ4v) is 3.31. The summed E-state index contributed by atoms with van der Waals surface area (Å²) >= 11 is 0. The Kier molecular flexibility index (Phi) is 8.37. The van der Waals surface area contributed by atoms with Crippen molar-refractivity contribution in [3.8, 4) is 5.75 Å². The second kappa shape index (κ2) is 9.58. The second-order valence-corrected chi connectivity index (χ2v) is 6.54. The number of rotatable bonds is 5. The largest absolute Gasteiger partial charge is 0.497 e. The highest BCUT2D eigenvalue weighted by atomic mass is 35.5. The predicted octanol–water partition coefficient (Wildman–Crippen LogP) is 2.48. The Bertz CT molecular complexity index is 607. The first kappa shape index (κ1) is 22.7. The normalized spacial score (nSPS) is 23.7. The van der Waals surface area contributed by atoms with Crippen LogP contribution in [0.2, 0.25) is 0 Å². The SMILES string of the molecule is COc1cccc(N2CCC(CNC(=O)C3CC(F)(F)CN3)C2)c1.Cl.Cl. The summed E-state index contributed by atoms with van der Waals surface area (Å²) in [5.74, 6) is -1.97. The molecule has 0 bridgehead atoms. The molecule has 0 radical (unpaired) electrons. The molecule has 9 heteroatoms. The minimum Gasteiger partial charge on any atom is -0.497 e. The van der Waals surface area contributed by atoms with Crippen molar-refractivity contribution in [3.05, 3.63) is 24.3 Å². The van der Waals surface area contributed by atoms with Gasteiger partial charge in [-0.2, -0.15) is 0 Å². The Hall–Kier alpha value is -1.31. The first-order valence-corrected chi connectivity index (χ1v) is 8.25. The van der Waals surface area contributed by atoms with Crippen LogP contribution in [0.5, 0.6) is 5.75 Å². The van der Waals surface area contributed by atoms with Crippen molar-refractivity contribution in [2.45, 2.75) is 24.8 Å². The maximum atomic E-state index is 13.1. The van der Waals surface area contributed by atoms with Gasteiger partial charge < -0.3 is 15.0 Å². The molecule has 2 saturated heterocycles. The van der Waals surface area contributed by atoms with E-state index in [1.165, 1.54) is 0 Å². The minimum atomic E-state index is -2.78. The number of benzene rings is 1. The van der Waals surface area contributed by atoms with Gasteiger partial charge in [0.1, 0.15) is 5.75 Å². The molecule has 0 aromatic heterocycles. The van der Waals surface area contributed by atoms with E-state index in [-0.39, 0.29) is 30.7 Å². The predicted molar refractivity (Wildman–Crippen MR) is 102 cm³/mol. The van der Waals surface area contributed by atoms with Crippen molar-refractivity contribution < 1.29 is 18.3 Å². The van der Waals surface area contributed by atoms with Crippen LogP contribution < -0.4 is 20.3 Å². The van der Waals surface area contributed by atoms with Crippen molar-refractivity contribution in [2.24, 2.45) is 5.92 Å². The Morgan fingerprint density at radius 3 is 2.85 bits per heavy atom. The summed E-state index contributed by atoms with van der Waals surface area (Å²) in [6.45, 7) is 1.84. The summed E-state index contributed by atoms with van der Waals surface area (Å²) in [5, 5.41) is 5.40. The number of halogens is 4. The van der Waals surface area contributed by atoms with Gasteiger partial charge >= 0.3 is 0 Å². The molecule has 2 heterocycles. The van der Waals surface area contributed by atoms with E-state index < -0.39 is 24.9 Å². The van der Waals surface area contributed by atoms with E-state index in [1.807, 2.05) is 24.3 Å². The van der Waals surface area contributed by atoms with Crippen molar-refractivity contribution >= 4 is 36.4 Å². The van der Waals surface area contributed by atoms with Gasteiger partial charge in [0, 0.05) is 37.8 Å². The van der Waals surface area contributed by atoms with E-state index in [1.54, 1.807) is 7.11 Å². The average Bonchev–Trinajstić information content (AvgIpc) is 3.19. The number of anilines is 1. The molecule has 2 fully saturated rings. The van der Waals surface area contributed by atoms with Crippen LogP contribution in [-0.2, 0) is 4.79 Å². The standard InChI is InChI=1S/C17H23F2N3O2.2ClH/c1-24-14-4-2-3-13(7-14)22-6-5-12(10-22)9-20-16(23)15-8-17(18,19)11-21-15;;/h2-4,7,12,15,21H,5-6,8-11H2,1H3,(H,20,23);2*1H. The highest BCUT2D eigenvalue weighted by Crippen LogP contribution is 2.27.